The molecule has 1 aromatic heterocycles. The number of hydrogen-bond acceptors (Lipinski definition) is 7. The predicted octanol–water partition coefficient (Wildman–Crippen LogP) is 2.76. The van der Waals surface area contributed by atoms with E-state index in [2.05, 4.69) is 46.1 Å². The van der Waals surface area contributed by atoms with E-state index in [4.69, 9.17) is 4.74 Å². The van der Waals surface area contributed by atoms with Crippen LogP contribution in [0.3, 0.4) is 0 Å². The second kappa shape index (κ2) is 10.6. The summed E-state index contributed by atoms with van der Waals surface area (Å²) in [6.07, 6.45) is 0.0411. The molecule has 10 heteroatoms. The largest absolute Gasteiger partial charge is 0.378 e. The smallest absolute Gasteiger partial charge is 0.291 e. The molecule has 4 rings (SSSR count). The van der Waals surface area contributed by atoms with Crippen LogP contribution in [-0.2, 0) is 20.9 Å². The van der Waals surface area contributed by atoms with Crippen LogP contribution in [0.1, 0.15) is 65.8 Å². The van der Waals surface area contributed by atoms with Gasteiger partial charge >= 0.3 is 0 Å². The molecule has 1 N–H and O–H groups in total. The Labute approximate surface area is 213 Å². The first-order valence-electron chi connectivity index (χ1n) is 13.3. The molecule has 2 fully saturated rings. The summed E-state index contributed by atoms with van der Waals surface area (Å²) in [5.74, 6) is -3.15. The van der Waals surface area contributed by atoms with Gasteiger partial charge in [-0.05, 0) is 26.8 Å². The molecule has 0 aromatic carbocycles. The maximum Gasteiger partial charge on any atom is 0.291 e. The second-order valence-electron chi connectivity index (χ2n) is 11.6. The molecule has 0 saturated carbocycles. The van der Waals surface area contributed by atoms with E-state index < -0.39 is 11.3 Å². The molecule has 0 radical (unpaired) electrons. The van der Waals surface area contributed by atoms with Gasteiger partial charge in [-0.25, -0.2) is 0 Å². The number of hydrogen-bond donors (Lipinski definition) is 1. The van der Waals surface area contributed by atoms with Gasteiger partial charge in [-0.2, -0.15) is 13.9 Å². The van der Waals surface area contributed by atoms with Crippen molar-refractivity contribution in [3.05, 3.63) is 17.5 Å². The van der Waals surface area contributed by atoms with Crippen LogP contribution in [0.4, 0.5) is 14.5 Å². The molecule has 3 aliphatic rings. The van der Waals surface area contributed by atoms with Crippen LogP contribution in [0.15, 0.2) is 6.07 Å². The van der Waals surface area contributed by atoms with Gasteiger partial charge in [0.15, 0.2) is 0 Å². The maximum absolute atomic E-state index is 14.7. The lowest BCUT2D eigenvalue weighted by Gasteiger charge is -2.46. The highest BCUT2D eigenvalue weighted by atomic mass is 19.3. The number of ether oxygens (including phenoxy) is 1. The molecule has 0 aliphatic carbocycles. The van der Waals surface area contributed by atoms with E-state index in [9.17, 15) is 13.6 Å². The zero-order valence-corrected chi connectivity index (χ0v) is 22.6. The number of nitrogens with one attached hydrogen (secondary N) is 1. The number of fused-ring (bicyclic) bond motifs is 1. The van der Waals surface area contributed by atoms with E-state index in [1.165, 1.54) is 6.07 Å². The Morgan fingerprint density at radius 2 is 1.92 bits per heavy atom. The van der Waals surface area contributed by atoms with Crippen LogP contribution in [-0.4, -0.2) is 96.0 Å². The molecular weight excluding hydrogens is 466 g/mol. The number of morpholine rings is 1. The average Bonchev–Trinajstić information content (AvgIpc) is 3.08. The van der Waals surface area contributed by atoms with Gasteiger partial charge in [0.25, 0.3) is 5.92 Å². The fourth-order valence-electron chi connectivity index (χ4n) is 5.77. The third kappa shape index (κ3) is 5.56. The maximum atomic E-state index is 14.7. The number of rotatable bonds is 7. The number of piperazine rings is 1. The summed E-state index contributed by atoms with van der Waals surface area (Å²) in [6.45, 7) is 16.6. The Bertz CT molecular complexity index is 935. The van der Waals surface area contributed by atoms with Gasteiger partial charge in [0.2, 0.25) is 5.91 Å². The lowest BCUT2D eigenvalue weighted by atomic mass is 9.91. The minimum Gasteiger partial charge on any atom is -0.378 e. The third-order valence-corrected chi connectivity index (χ3v) is 7.84. The Balaban J connectivity index is 1.54. The molecule has 202 valence electrons. The molecule has 8 nitrogen and oxygen atoms in total. The van der Waals surface area contributed by atoms with Crippen molar-refractivity contribution in [3.63, 3.8) is 0 Å². The molecule has 0 spiro atoms. The van der Waals surface area contributed by atoms with Gasteiger partial charge in [0.1, 0.15) is 5.69 Å². The van der Waals surface area contributed by atoms with E-state index >= 15 is 0 Å². The Hall–Kier alpha value is -1.75. The van der Waals surface area contributed by atoms with E-state index in [-0.39, 0.29) is 36.7 Å². The first-order valence-corrected chi connectivity index (χ1v) is 13.3. The monoisotopic (exact) mass is 508 g/mol. The van der Waals surface area contributed by atoms with E-state index in [0.29, 0.717) is 49.6 Å². The zero-order chi connectivity index (χ0) is 26.3. The van der Waals surface area contributed by atoms with Gasteiger partial charge < -0.3 is 15.0 Å². The third-order valence-electron chi connectivity index (χ3n) is 7.84. The van der Waals surface area contributed by atoms with Crippen LogP contribution in [0.5, 0.6) is 0 Å². The van der Waals surface area contributed by atoms with Crippen molar-refractivity contribution in [1.29, 1.82) is 0 Å². The van der Waals surface area contributed by atoms with Crippen molar-refractivity contribution in [2.75, 3.05) is 50.8 Å². The number of anilines is 1. The first kappa shape index (κ1) is 27.3. The highest BCUT2D eigenvalue weighted by Gasteiger charge is 2.43. The molecule has 4 atom stereocenters. The highest BCUT2D eigenvalue weighted by molar-refractivity contribution is 5.97. The molecular formula is C26H42F2N6O2. The lowest BCUT2D eigenvalue weighted by Crippen LogP contribution is -2.63. The topological polar surface area (TPSA) is 73.8 Å². The molecule has 2 saturated heterocycles. The van der Waals surface area contributed by atoms with Crippen molar-refractivity contribution in [1.82, 2.24) is 25.3 Å². The summed E-state index contributed by atoms with van der Waals surface area (Å²) in [5, 5.41) is 11.6. The number of carbonyl (C=O) groups is 1. The first-order chi connectivity index (χ1) is 16.9. The Morgan fingerprint density at radius 3 is 2.58 bits per heavy atom. The Kier molecular flexibility index (Phi) is 8.00. The average molecular weight is 509 g/mol. The molecule has 36 heavy (non-hydrogen) atoms. The SMILES string of the molecule is CCCC(F)(F)c1cc2c(nn1)C(C)(C)CN2C(=O)CN1CC(C)NC[C@@H]1CN1C(C)COC[C@H]1C. The number of carbonyl (C=O) groups excluding carboxylic acids is 1. The number of aromatic nitrogens is 2. The fourth-order valence-corrected chi connectivity index (χ4v) is 5.77. The van der Waals surface area contributed by atoms with Crippen molar-refractivity contribution >= 4 is 11.6 Å². The summed E-state index contributed by atoms with van der Waals surface area (Å²) in [5.41, 5.74) is 0.266. The minimum atomic E-state index is -3.07. The van der Waals surface area contributed by atoms with Gasteiger partial charge in [0, 0.05) is 62.2 Å². The molecule has 1 aromatic rings. The predicted molar refractivity (Wildman–Crippen MR) is 135 cm³/mol. The summed E-state index contributed by atoms with van der Waals surface area (Å²) in [4.78, 5) is 20.1. The van der Waals surface area contributed by atoms with Gasteiger partial charge in [-0.15, -0.1) is 5.10 Å². The zero-order valence-electron chi connectivity index (χ0n) is 22.6. The number of alkyl halides is 2. The second-order valence-corrected chi connectivity index (χ2v) is 11.6. The lowest BCUT2D eigenvalue weighted by molar-refractivity contribution is -0.121. The standard InChI is InChI=1S/C26H42F2N6O2/c1-7-8-26(27,28)22-9-21-24(31-30-22)25(5,6)16-34(21)23(35)13-32-11-17(2)29-10-20(32)12-33-18(3)14-36-15-19(33)4/h9,17-20,29H,7-8,10-16H2,1-6H3/t17?,18-,19?,20-/m1/s1. The summed E-state index contributed by atoms with van der Waals surface area (Å²) >= 11 is 0. The summed E-state index contributed by atoms with van der Waals surface area (Å²) < 4.78 is 35.0. The highest BCUT2D eigenvalue weighted by Crippen LogP contribution is 2.42. The summed E-state index contributed by atoms with van der Waals surface area (Å²) in [6, 6.07) is 2.46. The molecule has 1 amide bonds. The van der Waals surface area contributed by atoms with Gasteiger partial charge in [-0.1, -0.05) is 27.2 Å². The van der Waals surface area contributed by atoms with Crippen LogP contribution in [0.2, 0.25) is 0 Å². The van der Waals surface area contributed by atoms with E-state index in [1.807, 2.05) is 13.8 Å². The van der Waals surface area contributed by atoms with Crippen LogP contribution >= 0.6 is 0 Å². The minimum absolute atomic E-state index is 0.0817. The van der Waals surface area contributed by atoms with Crippen molar-refractivity contribution in [2.45, 2.75) is 89.9 Å². The Morgan fingerprint density at radius 1 is 1.22 bits per heavy atom. The van der Waals surface area contributed by atoms with Crippen LogP contribution in [0.25, 0.3) is 0 Å². The fraction of sp³-hybridized carbons (Fsp3) is 0.808. The molecule has 2 unspecified atom stereocenters. The van der Waals surface area contributed by atoms with Crippen molar-refractivity contribution in [3.8, 4) is 0 Å². The number of halogens is 2. The van der Waals surface area contributed by atoms with Crippen LogP contribution < -0.4 is 10.2 Å². The van der Waals surface area contributed by atoms with Crippen molar-refractivity contribution in [2.24, 2.45) is 0 Å². The molecule has 4 heterocycles. The number of nitrogens with zero attached hydrogens (tertiary/aromatic N) is 5. The number of amides is 1. The summed E-state index contributed by atoms with van der Waals surface area (Å²) in [7, 11) is 0. The van der Waals surface area contributed by atoms with E-state index in [0.717, 1.165) is 19.6 Å². The van der Waals surface area contributed by atoms with Gasteiger partial charge in [-0.3, -0.25) is 14.6 Å². The molecule has 0 bridgehead atoms. The quantitative estimate of drug-likeness (QED) is 0.607. The van der Waals surface area contributed by atoms with E-state index in [1.54, 1.807) is 11.8 Å². The van der Waals surface area contributed by atoms with Crippen LogP contribution in [0, 0.1) is 0 Å². The molecule has 3 aliphatic heterocycles. The van der Waals surface area contributed by atoms with Crippen molar-refractivity contribution < 1.29 is 18.3 Å². The van der Waals surface area contributed by atoms with Gasteiger partial charge in [0.05, 0.1) is 31.1 Å². The normalized spacial score (nSPS) is 29.4.